The highest BCUT2D eigenvalue weighted by atomic mass is 16.5. The van der Waals surface area contributed by atoms with E-state index in [0.29, 0.717) is 13.2 Å². The quantitative estimate of drug-likeness (QED) is 0.654. The minimum atomic E-state index is 0.551. The predicted octanol–water partition coefficient (Wildman–Crippen LogP) is 1.52. The van der Waals surface area contributed by atoms with Gasteiger partial charge in [-0.05, 0) is 6.92 Å². The summed E-state index contributed by atoms with van der Waals surface area (Å²) < 4.78 is 7.03. The molecule has 0 aliphatic rings. The van der Waals surface area contributed by atoms with Crippen LogP contribution in [0.5, 0.6) is 0 Å². The van der Waals surface area contributed by atoms with Crippen LogP contribution in [0.25, 0.3) is 6.20 Å². The summed E-state index contributed by atoms with van der Waals surface area (Å²) in [7, 11) is 0. The lowest BCUT2D eigenvalue weighted by molar-refractivity contribution is 0.127. The van der Waals surface area contributed by atoms with E-state index < -0.39 is 0 Å². The molecule has 1 heterocycles. The third-order valence-electron chi connectivity index (χ3n) is 1.38. The van der Waals surface area contributed by atoms with Crippen LogP contribution in [0, 0.1) is 0 Å². The first kappa shape index (κ1) is 8.01. The van der Waals surface area contributed by atoms with E-state index in [1.165, 1.54) is 0 Å². The summed E-state index contributed by atoms with van der Waals surface area (Å²) >= 11 is 0. The Labute approximate surface area is 66.3 Å². The molecule has 0 aliphatic heterocycles. The fraction of sp³-hybridized carbons (Fsp3) is 0.375. The molecule has 0 radical (unpaired) electrons. The lowest BCUT2D eigenvalue weighted by atomic mass is 10.6. The second-order valence-electron chi connectivity index (χ2n) is 2.07. The summed E-state index contributed by atoms with van der Waals surface area (Å²) in [6, 6.07) is 0. The van der Waals surface area contributed by atoms with E-state index in [0.717, 1.165) is 5.82 Å². The number of ether oxygens (including phenoxy) is 1. The summed E-state index contributed by atoms with van der Waals surface area (Å²) in [5.41, 5.74) is 0. The molecule has 1 aromatic rings. The molecule has 3 heteroatoms. The van der Waals surface area contributed by atoms with Crippen LogP contribution in [-0.4, -0.2) is 16.2 Å². The highest BCUT2D eigenvalue weighted by Crippen LogP contribution is 1.98. The van der Waals surface area contributed by atoms with Crippen molar-refractivity contribution < 1.29 is 4.74 Å². The molecule has 11 heavy (non-hydrogen) atoms. The van der Waals surface area contributed by atoms with Crippen LogP contribution in [0.3, 0.4) is 0 Å². The van der Waals surface area contributed by atoms with E-state index in [1.54, 1.807) is 12.4 Å². The van der Waals surface area contributed by atoms with E-state index in [2.05, 4.69) is 11.6 Å². The van der Waals surface area contributed by atoms with E-state index in [4.69, 9.17) is 4.74 Å². The van der Waals surface area contributed by atoms with E-state index in [1.807, 2.05) is 17.7 Å². The van der Waals surface area contributed by atoms with Crippen LogP contribution in [-0.2, 0) is 11.3 Å². The Hall–Kier alpha value is -1.09. The zero-order valence-electron chi connectivity index (χ0n) is 6.66. The second-order valence-corrected chi connectivity index (χ2v) is 2.07. The van der Waals surface area contributed by atoms with Gasteiger partial charge < -0.3 is 9.30 Å². The molecular formula is C8H12N2O. The first-order valence-electron chi connectivity index (χ1n) is 3.60. The number of aromatic nitrogens is 2. The lowest BCUT2D eigenvalue weighted by Gasteiger charge is -2.00. The van der Waals surface area contributed by atoms with E-state index >= 15 is 0 Å². The van der Waals surface area contributed by atoms with Crippen molar-refractivity contribution in [2.75, 3.05) is 6.61 Å². The van der Waals surface area contributed by atoms with Gasteiger partial charge >= 0.3 is 0 Å². The third-order valence-corrected chi connectivity index (χ3v) is 1.38. The minimum Gasteiger partial charge on any atom is -0.374 e. The highest BCUT2D eigenvalue weighted by Gasteiger charge is 1.97. The Balaban J connectivity index is 2.61. The van der Waals surface area contributed by atoms with Crippen LogP contribution < -0.4 is 0 Å². The normalized spacial score (nSPS) is 9.91. The molecule has 0 N–H and O–H groups in total. The standard InChI is InChI=1S/C8H12N2O/c1-3-10-6-5-9-8(10)7-11-4-2/h3,5-6H,1,4,7H2,2H3. The second kappa shape index (κ2) is 3.93. The van der Waals surface area contributed by atoms with Gasteiger partial charge in [0.1, 0.15) is 12.4 Å². The Bertz CT molecular complexity index is 230. The summed E-state index contributed by atoms with van der Waals surface area (Å²) in [4.78, 5) is 4.09. The molecule has 0 unspecified atom stereocenters. The van der Waals surface area contributed by atoms with Gasteiger partial charge in [0.25, 0.3) is 0 Å². The molecule has 0 saturated carbocycles. The van der Waals surface area contributed by atoms with Crippen LogP contribution in [0.4, 0.5) is 0 Å². The number of rotatable bonds is 4. The van der Waals surface area contributed by atoms with Crippen LogP contribution in [0.1, 0.15) is 12.7 Å². The van der Waals surface area contributed by atoms with Gasteiger partial charge in [-0.1, -0.05) is 6.58 Å². The average molecular weight is 152 g/mol. The van der Waals surface area contributed by atoms with Gasteiger partial charge in [-0.2, -0.15) is 0 Å². The molecule has 60 valence electrons. The smallest absolute Gasteiger partial charge is 0.138 e. The van der Waals surface area contributed by atoms with Gasteiger partial charge in [0.2, 0.25) is 0 Å². The van der Waals surface area contributed by atoms with Crippen molar-refractivity contribution in [1.29, 1.82) is 0 Å². The Morgan fingerprint density at radius 1 is 1.82 bits per heavy atom. The maximum Gasteiger partial charge on any atom is 0.138 e. The Morgan fingerprint density at radius 3 is 3.27 bits per heavy atom. The molecule has 1 aromatic heterocycles. The van der Waals surface area contributed by atoms with Gasteiger partial charge in [-0.15, -0.1) is 0 Å². The van der Waals surface area contributed by atoms with Crippen molar-refractivity contribution >= 4 is 6.20 Å². The number of hydrogen-bond acceptors (Lipinski definition) is 2. The van der Waals surface area contributed by atoms with Crippen molar-refractivity contribution in [2.24, 2.45) is 0 Å². The summed E-state index contributed by atoms with van der Waals surface area (Å²) in [6.07, 6.45) is 5.29. The zero-order chi connectivity index (χ0) is 8.10. The molecule has 0 atom stereocenters. The molecule has 0 saturated heterocycles. The van der Waals surface area contributed by atoms with Crippen LogP contribution >= 0.6 is 0 Å². The predicted molar refractivity (Wildman–Crippen MR) is 43.9 cm³/mol. The molecule has 0 aromatic carbocycles. The van der Waals surface area contributed by atoms with Crippen molar-refractivity contribution in [3.8, 4) is 0 Å². The zero-order valence-corrected chi connectivity index (χ0v) is 6.66. The molecule has 0 aliphatic carbocycles. The van der Waals surface area contributed by atoms with Crippen molar-refractivity contribution in [1.82, 2.24) is 9.55 Å². The first-order chi connectivity index (χ1) is 5.38. The molecule has 0 amide bonds. The molecule has 0 bridgehead atoms. The van der Waals surface area contributed by atoms with Crippen LogP contribution in [0.2, 0.25) is 0 Å². The number of nitrogens with zero attached hydrogens (tertiary/aromatic N) is 2. The largest absolute Gasteiger partial charge is 0.374 e. The molecular weight excluding hydrogens is 140 g/mol. The van der Waals surface area contributed by atoms with Gasteiger partial charge in [0.15, 0.2) is 0 Å². The minimum absolute atomic E-state index is 0.551. The van der Waals surface area contributed by atoms with Crippen molar-refractivity contribution in [3.63, 3.8) is 0 Å². The first-order valence-corrected chi connectivity index (χ1v) is 3.60. The summed E-state index contributed by atoms with van der Waals surface area (Å²) in [5, 5.41) is 0. The lowest BCUT2D eigenvalue weighted by Crippen LogP contribution is -1.99. The van der Waals surface area contributed by atoms with Gasteiger partial charge in [0, 0.05) is 25.2 Å². The third kappa shape index (κ3) is 1.91. The Kier molecular flexibility index (Phi) is 2.86. The summed E-state index contributed by atoms with van der Waals surface area (Å²) in [5.74, 6) is 0.891. The summed E-state index contributed by atoms with van der Waals surface area (Å²) in [6.45, 7) is 6.86. The average Bonchev–Trinajstić information content (AvgIpc) is 2.47. The SMILES string of the molecule is C=Cn1ccnc1COCC. The highest BCUT2D eigenvalue weighted by molar-refractivity contribution is 5.19. The fourth-order valence-corrected chi connectivity index (χ4v) is 0.815. The molecule has 3 nitrogen and oxygen atoms in total. The molecule has 0 fully saturated rings. The number of hydrogen-bond donors (Lipinski definition) is 0. The maximum absolute atomic E-state index is 5.19. The van der Waals surface area contributed by atoms with Crippen LogP contribution in [0.15, 0.2) is 19.0 Å². The molecule has 0 spiro atoms. The fourth-order valence-electron chi connectivity index (χ4n) is 0.815. The van der Waals surface area contributed by atoms with Gasteiger partial charge in [0.05, 0.1) is 0 Å². The monoisotopic (exact) mass is 152 g/mol. The van der Waals surface area contributed by atoms with E-state index in [-0.39, 0.29) is 0 Å². The van der Waals surface area contributed by atoms with Gasteiger partial charge in [-0.25, -0.2) is 4.98 Å². The maximum atomic E-state index is 5.19. The molecule has 1 rings (SSSR count). The Morgan fingerprint density at radius 2 is 2.64 bits per heavy atom. The van der Waals surface area contributed by atoms with Crippen molar-refractivity contribution in [3.05, 3.63) is 24.8 Å². The van der Waals surface area contributed by atoms with Crippen molar-refractivity contribution in [2.45, 2.75) is 13.5 Å². The topological polar surface area (TPSA) is 27.1 Å². The van der Waals surface area contributed by atoms with Gasteiger partial charge in [-0.3, -0.25) is 0 Å². The number of imidazole rings is 1. The van der Waals surface area contributed by atoms with E-state index in [9.17, 15) is 0 Å².